The zero-order chi connectivity index (χ0) is 17.7. The summed E-state index contributed by atoms with van der Waals surface area (Å²) in [6.45, 7) is 1.62. The van der Waals surface area contributed by atoms with Crippen molar-refractivity contribution in [2.75, 3.05) is 0 Å². The fourth-order valence-electron chi connectivity index (χ4n) is 2.21. The molecule has 24 heavy (non-hydrogen) atoms. The highest BCUT2D eigenvalue weighted by Crippen LogP contribution is 2.25. The number of nitrogens with zero attached hydrogens (tertiary/aromatic N) is 2. The van der Waals surface area contributed by atoms with Crippen LogP contribution in [0.5, 0.6) is 0 Å². The van der Waals surface area contributed by atoms with Crippen LogP contribution in [-0.4, -0.2) is 22.0 Å². The highest BCUT2D eigenvalue weighted by molar-refractivity contribution is 6.31. The average molecular weight is 344 g/mol. The zero-order valence-electron chi connectivity index (χ0n) is 12.8. The van der Waals surface area contributed by atoms with Gasteiger partial charge in [-0.15, -0.1) is 0 Å². The van der Waals surface area contributed by atoms with E-state index in [-0.39, 0.29) is 12.1 Å². The summed E-state index contributed by atoms with van der Waals surface area (Å²) < 4.78 is 0. The Labute approximate surface area is 143 Å². The number of benzene rings is 1. The standard InChI is InChI=1S/C17H14ClN3O3/c1-10-11(9-19)6-7-14(20-10)17(24)21-15(8-16(22)23)12-4-2-3-5-13(12)18/h2-7,15H,8H2,1H3,(H,21,24)(H,22,23)/t15-/m1/s1. The van der Waals surface area contributed by atoms with Crippen LogP contribution in [0.15, 0.2) is 36.4 Å². The molecule has 0 spiro atoms. The highest BCUT2D eigenvalue weighted by Gasteiger charge is 2.21. The smallest absolute Gasteiger partial charge is 0.305 e. The van der Waals surface area contributed by atoms with E-state index in [1.807, 2.05) is 6.07 Å². The molecule has 1 heterocycles. The Morgan fingerprint density at radius 2 is 2.04 bits per heavy atom. The Bertz CT molecular complexity index is 830. The number of carboxylic acids is 1. The van der Waals surface area contributed by atoms with Gasteiger partial charge in [0.2, 0.25) is 0 Å². The molecule has 2 N–H and O–H groups in total. The van der Waals surface area contributed by atoms with Crippen LogP contribution in [0, 0.1) is 18.3 Å². The lowest BCUT2D eigenvalue weighted by Gasteiger charge is -2.18. The van der Waals surface area contributed by atoms with Crippen molar-refractivity contribution in [1.29, 1.82) is 5.26 Å². The van der Waals surface area contributed by atoms with E-state index in [2.05, 4.69) is 10.3 Å². The number of carboxylic acid groups (broad SMARTS) is 1. The van der Waals surface area contributed by atoms with Gasteiger partial charge >= 0.3 is 5.97 Å². The zero-order valence-corrected chi connectivity index (χ0v) is 13.5. The lowest BCUT2D eigenvalue weighted by Crippen LogP contribution is -2.31. The van der Waals surface area contributed by atoms with Gasteiger partial charge in [-0.05, 0) is 30.7 Å². The Balaban J connectivity index is 2.28. The summed E-state index contributed by atoms with van der Waals surface area (Å²) in [7, 11) is 0. The molecule has 0 aliphatic heterocycles. The number of hydrogen-bond acceptors (Lipinski definition) is 4. The van der Waals surface area contributed by atoms with E-state index in [1.165, 1.54) is 12.1 Å². The molecular weight excluding hydrogens is 330 g/mol. The molecular formula is C17H14ClN3O3. The summed E-state index contributed by atoms with van der Waals surface area (Å²) in [6, 6.07) is 10.8. The molecule has 6 nitrogen and oxygen atoms in total. The minimum Gasteiger partial charge on any atom is -0.481 e. The molecule has 122 valence electrons. The fraction of sp³-hybridized carbons (Fsp3) is 0.176. The number of aliphatic carboxylic acids is 1. The predicted molar refractivity (Wildman–Crippen MR) is 87.6 cm³/mol. The second-order valence-corrected chi connectivity index (χ2v) is 5.49. The molecule has 1 atom stereocenters. The van der Waals surface area contributed by atoms with E-state index >= 15 is 0 Å². The van der Waals surface area contributed by atoms with Crippen LogP contribution in [0.3, 0.4) is 0 Å². The van der Waals surface area contributed by atoms with Crippen LogP contribution in [0.4, 0.5) is 0 Å². The lowest BCUT2D eigenvalue weighted by atomic mass is 10.0. The number of pyridine rings is 1. The van der Waals surface area contributed by atoms with Crippen molar-refractivity contribution in [3.05, 3.63) is 63.9 Å². The Morgan fingerprint density at radius 1 is 1.33 bits per heavy atom. The number of aromatic nitrogens is 1. The number of carbonyl (C=O) groups is 2. The quantitative estimate of drug-likeness (QED) is 0.868. The number of nitriles is 1. The molecule has 1 amide bonds. The molecule has 0 bridgehead atoms. The molecule has 0 saturated carbocycles. The van der Waals surface area contributed by atoms with Gasteiger partial charge in [0.15, 0.2) is 0 Å². The van der Waals surface area contributed by atoms with Crippen LogP contribution in [0.2, 0.25) is 5.02 Å². The van der Waals surface area contributed by atoms with E-state index in [1.54, 1.807) is 31.2 Å². The van der Waals surface area contributed by atoms with Gasteiger partial charge in [0.1, 0.15) is 11.8 Å². The second-order valence-electron chi connectivity index (χ2n) is 5.09. The highest BCUT2D eigenvalue weighted by atomic mass is 35.5. The fourth-order valence-corrected chi connectivity index (χ4v) is 2.48. The van der Waals surface area contributed by atoms with Gasteiger partial charge in [0, 0.05) is 5.02 Å². The van der Waals surface area contributed by atoms with Gasteiger partial charge in [0.05, 0.1) is 23.7 Å². The minimum atomic E-state index is -1.07. The average Bonchev–Trinajstić information content (AvgIpc) is 2.54. The molecule has 2 rings (SSSR count). The number of halogens is 1. The van der Waals surface area contributed by atoms with Crippen molar-refractivity contribution in [2.45, 2.75) is 19.4 Å². The summed E-state index contributed by atoms with van der Waals surface area (Å²) in [4.78, 5) is 27.6. The van der Waals surface area contributed by atoms with Crippen LogP contribution in [0.25, 0.3) is 0 Å². The molecule has 0 aliphatic rings. The Hall–Kier alpha value is -2.91. The van der Waals surface area contributed by atoms with Gasteiger partial charge in [-0.2, -0.15) is 5.26 Å². The molecule has 1 aromatic carbocycles. The first-order valence-electron chi connectivity index (χ1n) is 7.07. The topological polar surface area (TPSA) is 103 Å². The van der Waals surface area contributed by atoms with Crippen molar-refractivity contribution < 1.29 is 14.7 Å². The summed E-state index contributed by atoms with van der Waals surface area (Å²) in [5, 5.41) is 21.0. The maximum atomic E-state index is 12.4. The second kappa shape index (κ2) is 7.57. The van der Waals surface area contributed by atoms with Crippen LogP contribution >= 0.6 is 11.6 Å². The maximum absolute atomic E-state index is 12.4. The van der Waals surface area contributed by atoms with E-state index < -0.39 is 17.9 Å². The van der Waals surface area contributed by atoms with Gasteiger partial charge in [0.25, 0.3) is 5.91 Å². The molecule has 0 saturated heterocycles. The van der Waals surface area contributed by atoms with Crippen molar-refractivity contribution in [3.63, 3.8) is 0 Å². The minimum absolute atomic E-state index is 0.106. The third-order valence-corrected chi connectivity index (χ3v) is 3.75. The number of amides is 1. The molecule has 0 radical (unpaired) electrons. The van der Waals surface area contributed by atoms with Crippen molar-refractivity contribution >= 4 is 23.5 Å². The normalized spacial score (nSPS) is 11.4. The molecule has 0 aliphatic carbocycles. The molecule has 1 aromatic heterocycles. The van der Waals surface area contributed by atoms with E-state index in [4.69, 9.17) is 22.0 Å². The molecule has 0 fully saturated rings. The Kier molecular flexibility index (Phi) is 5.51. The lowest BCUT2D eigenvalue weighted by molar-refractivity contribution is -0.137. The van der Waals surface area contributed by atoms with Crippen LogP contribution in [-0.2, 0) is 4.79 Å². The number of aryl methyl sites for hydroxylation is 1. The van der Waals surface area contributed by atoms with Gasteiger partial charge in [-0.3, -0.25) is 9.59 Å². The first kappa shape index (κ1) is 17.4. The Morgan fingerprint density at radius 3 is 2.62 bits per heavy atom. The SMILES string of the molecule is Cc1nc(C(=O)N[C@H](CC(=O)O)c2ccccc2Cl)ccc1C#N. The summed E-state index contributed by atoms with van der Waals surface area (Å²) in [6.07, 6.45) is -0.315. The molecule has 2 aromatic rings. The van der Waals surface area contributed by atoms with E-state index in [0.717, 1.165) is 0 Å². The van der Waals surface area contributed by atoms with E-state index in [9.17, 15) is 9.59 Å². The number of nitrogens with one attached hydrogen (secondary N) is 1. The maximum Gasteiger partial charge on any atom is 0.305 e. The summed E-state index contributed by atoms with van der Waals surface area (Å²) in [5.41, 5.74) is 1.42. The monoisotopic (exact) mass is 343 g/mol. The van der Waals surface area contributed by atoms with Crippen molar-refractivity contribution in [1.82, 2.24) is 10.3 Å². The summed E-state index contributed by atoms with van der Waals surface area (Å²) >= 11 is 6.10. The van der Waals surface area contributed by atoms with Gasteiger partial charge in [-0.1, -0.05) is 29.8 Å². The van der Waals surface area contributed by atoms with Crippen molar-refractivity contribution in [3.8, 4) is 6.07 Å². The third kappa shape index (κ3) is 4.09. The van der Waals surface area contributed by atoms with Crippen LogP contribution < -0.4 is 5.32 Å². The number of carbonyl (C=O) groups excluding carboxylic acids is 1. The number of hydrogen-bond donors (Lipinski definition) is 2. The van der Waals surface area contributed by atoms with Crippen molar-refractivity contribution in [2.24, 2.45) is 0 Å². The van der Waals surface area contributed by atoms with Gasteiger partial charge in [-0.25, -0.2) is 4.98 Å². The largest absolute Gasteiger partial charge is 0.481 e. The number of rotatable bonds is 5. The third-order valence-electron chi connectivity index (χ3n) is 3.40. The van der Waals surface area contributed by atoms with Gasteiger partial charge < -0.3 is 10.4 Å². The first-order valence-corrected chi connectivity index (χ1v) is 7.45. The predicted octanol–water partition coefficient (Wildman–Crippen LogP) is 2.86. The molecule has 7 heteroatoms. The summed E-state index contributed by atoms with van der Waals surface area (Å²) in [5.74, 6) is -1.60. The first-order chi connectivity index (χ1) is 11.4. The van der Waals surface area contributed by atoms with Crippen LogP contribution in [0.1, 0.15) is 39.8 Å². The van der Waals surface area contributed by atoms with E-state index in [0.29, 0.717) is 21.8 Å². The molecule has 0 unspecified atom stereocenters.